The zero-order chi connectivity index (χ0) is 18.9. The van der Waals surface area contributed by atoms with Crippen LogP contribution in [0.3, 0.4) is 0 Å². The van der Waals surface area contributed by atoms with E-state index in [9.17, 15) is 9.59 Å². The summed E-state index contributed by atoms with van der Waals surface area (Å²) in [6.07, 6.45) is 2.01. The topological polar surface area (TPSA) is 78.0 Å². The molecular weight excluding hydrogens is 368 g/mol. The summed E-state index contributed by atoms with van der Waals surface area (Å²) in [7, 11) is 1.53. The van der Waals surface area contributed by atoms with Crippen LogP contribution in [0.15, 0.2) is 29.1 Å². The number of esters is 1. The van der Waals surface area contributed by atoms with Gasteiger partial charge >= 0.3 is 5.97 Å². The molecule has 0 saturated carbocycles. The maximum Gasteiger partial charge on any atom is 0.332 e. The van der Waals surface area contributed by atoms with Crippen molar-refractivity contribution in [3.05, 3.63) is 40.3 Å². The van der Waals surface area contributed by atoms with Gasteiger partial charge in [-0.1, -0.05) is 0 Å². The molecule has 2 aliphatic heterocycles. The lowest BCUT2D eigenvalue weighted by Crippen LogP contribution is -2.50. The Kier molecular flexibility index (Phi) is 4.73. The van der Waals surface area contributed by atoms with Crippen LogP contribution in [0, 0.1) is 0 Å². The Morgan fingerprint density at radius 1 is 1.37 bits per heavy atom. The van der Waals surface area contributed by atoms with Gasteiger partial charge < -0.3 is 19.1 Å². The fraction of sp³-hybridized carbons (Fsp3) is 0.421. The molecule has 27 heavy (non-hydrogen) atoms. The summed E-state index contributed by atoms with van der Waals surface area (Å²) in [6, 6.07) is 5.08. The van der Waals surface area contributed by atoms with Crippen LogP contribution < -0.4 is 9.47 Å². The Labute approximate surface area is 160 Å². The number of aromatic nitrogens is 1. The highest BCUT2D eigenvalue weighted by Gasteiger charge is 2.54. The summed E-state index contributed by atoms with van der Waals surface area (Å²) in [5, 5.41) is 1.91. The Balaban J connectivity index is 1.55. The number of carbonyl (C=O) groups excluding carboxylic acids is 2. The predicted molar refractivity (Wildman–Crippen MR) is 98.0 cm³/mol. The number of hydrogen-bond acceptors (Lipinski definition) is 7. The summed E-state index contributed by atoms with van der Waals surface area (Å²) in [5.41, 5.74) is 2.25. The zero-order valence-electron chi connectivity index (χ0n) is 15.0. The smallest absolute Gasteiger partial charge is 0.332 e. The molecular formula is C19H20N2O5S. The molecule has 4 rings (SSSR count). The summed E-state index contributed by atoms with van der Waals surface area (Å²) in [4.78, 5) is 31.2. The van der Waals surface area contributed by atoms with Gasteiger partial charge in [0.1, 0.15) is 12.1 Å². The zero-order valence-corrected chi connectivity index (χ0v) is 15.8. The van der Waals surface area contributed by atoms with E-state index in [1.54, 1.807) is 28.6 Å². The molecule has 1 aromatic carbocycles. The normalized spacial score (nSPS) is 21.5. The molecule has 3 heterocycles. The van der Waals surface area contributed by atoms with Crippen LogP contribution in [-0.4, -0.2) is 47.6 Å². The average molecular weight is 388 g/mol. The van der Waals surface area contributed by atoms with Crippen molar-refractivity contribution in [2.24, 2.45) is 0 Å². The van der Waals surface area contributed by atoms with Crippen molar-refractivity contribution in [2.45, 2.75) is 31.4 Å². The standard InChI is InChI=1S/C19H20N2O5S/c1-24-16-9-13(3-4-15(16)26-10-14-11-27-12-20-14)17(22)21-7-2-5-19(21)6-8-25-18(19)23/h3-4,9,11-12H,2,5-8,10H2,1H3/t19-/m0/s1. The van der Waals surface area contributed by atoms with Gasteiger partial charge in [0.25, 0.3) is 5.91 Å². The van der Waals surface area contributed by atoms with Crippen LogP contribution >= 0.6 is 11.3 Å². The highest BCUT2D eigenvalue weighted by Crippen LogP contribution is 2.39. The molecule has 0 bridgehead atoms. The number of benzene rings is 1. The maximum absolute atomic E-state index is 13.1. The number of likely N-dealkylation sites (tertiary alicyclic amines) is 1. The van der Waals surface area contributed by atoms with Crippen molar-refractivity contribution >= 4 is 23.2 Å². The van der Waals surface area contributed by atoms with Gasteiger partial charge in [-0.15, -0.1) is 11.3 Å². The van der Waals surface area contributed by atoms with Crippen molar-refractivity contribution < 1.29 is 23.8 Å². The number of amides is 1. The summed E-state index contributed by atoms with van der Waals surface area (Å²) < 4.78 is 16.3. The van der Waals surface area contributed by atoms with E-state index in [-0.39, 0.29) is 11.9 Å². The molecule has 1 atom stereocenters. The van der Waals surface area contributed by atoms with Crippen LogP contribution in [0.4, 0.5) is 0 Å². The van der Waals surface area contributed by atoms with E-state index >= 15 is 0 Å². The van der Waals surface area contributed by atoms with Crippen molar-refractivity contribution in [1.29, 1.82) is 0 Å². The van der Waals surface area contributed by atoms with Crippen LogP contribution in [-0.2, 0) is 16.1 Å². The molecule has 2 fully saturated rings. The fourth-order valence-electron chi connectivity index (χ4n) is 3.73. The fourth-order valence-corrected chi connectivity index (χ4v) is 4.27. The predicted octanol–water partition coefficient (Wildman–Crippen LogP) is 2.65. The molecule has 0 radical (unpaired) electrons. The van der Waals surface area contributed by atoms with Gasteiger partial charge in [0.2, 0.25) is 0 Å². The maximum atomic E-state index is 13.1. The molecule has 2 aliphatic rings. The van der Waals surface area contributed by atoms with Crippen LogP contribution in [0.25, 0.3) is 0 Å². The number of thiazole rings is 1. The molecule has 0 N–H and O–H groups in total. The van der Waals surface area contributed by atoms with Gasteiger partial charge in [-0.2, -0.15) is 0 Å². The van der Waals surface area contributed by atoms with E-state index in [1.165, 1.54) is 18.4 Å². The molecule has 0 aliphatic carbocycles. The summed E-state index contributed by atoms with van der Waals surface area (Å²) >= 11 is 1.50. The Morgan fingerprint density at radius 2 is 2.26 bits per heavy atom. The third-order valence-corrected chi connectivity index (χ3v) is 5.77. The molecule has 0 unspecified atom stereocenters. The first kappa shape index (κ1) is 17.8. The van der Waals surface area contributed by atoms with E-state index in [0.717, 1.165) is 12.1 Å². The minimum atomic E-state index is -0.801. The molecule has 7 nitrogen and oxygen atoms in total. The lowest BCUT2D eigenvalue weighted by Gasteiger charge is -2.31. The molecule has 1 spiro atoms. The molecule has 142 valence electrons. The number of nitrogens with zero attached hydrogens (tertiary/aromatic N) is 2. The van der Waals surface area contributed by atoms with Crippen molar-refractivity contribution in [3.63, 3.8) is 0 Å². The average Bonchev–Trinajstić information content (AvgIpc) is 3.43. The summed E-state index contributed by atoms with van der Waals surface area (Å²) in [5.74, 6) is 0.538. The number of rotatable bonds is 5. The third-order valence-electron chi connectivity index (χ3n) is 5.13. The van der Waals surface area contributed by atoms with Crippen molar-refractivity contribution in [2.75, 3.05) is 20.3 Å². The van der Waals surface area contributed by atoms with Gasteiger partial charge in [0.05, 0.1) is 24.9 Å². The third kappa shape index (κ3) is 3.14. The Hall–Kier alpha value is -2.61. The van der Waals surface area contributed by atoms with Gasteiger partial charge in [0.15, 0.2) is 11.5 Å². The van der Waals surface area contributed by atoms with Crippen molar-refractivity contribution in [3.8, 4) is 11.5 Å². The highest BCUT2D eigenvalue weighted by molar-refractivity contribution is 7.07. The number of methoxy groups -OCH3 is 1. The second-order valence-corrected chi connectivity index (χ2v) is 7.33. The molecule has 2 aromatic rings. The van der Waals surface area contributed by atoms with Gasteiger partial charge in [-0.3, -0.25) is 4.79 Å². The first-order valence-electron chi connectivity index (χ1n) is 8.81. The van der Waals surface area contributed by atoms with Gasteiger partial charge in [-0.05, 0) is 31.0 Å². The largest absolute Gasteiger partial charge is 0.493 e. The Morgan fingerprint density at radius 3 is 2.96 bits per heavy atom. The van der Waals surface area contributed by atoms with Crippen LogP contribution in [0.5, 0.6) is 11.5 Å². The van der Waals surface area contributed by atoms with E-state index in [1.807, 2.05) is 5.38 Å². The van der Waals surface area contributed by atoms with E-state index in [4.69, 9.17) is 14.2 Å². The second kappa shape index (κ2) is 7.19. The monoisotopic (exact) mass is 388 g/mol. The van der Waals surface area contributed by atoms with Gasteiger partial charge in [0, 0.05) is 23.9 Å². The van der Waals surface area contributed by atoms with Gasteiger partial charge in [-0.25, -0.2) is 9.78 Å². The number of ether oxygens (including phenoxy) is 3. The minimum Gasteiger partial charge on any atom is -0.493 e. The van der Waals surface area contributed by atoms with E-state index in [2.05, 4.69) is 4.98 Å². The van der Waals surface area contributed by atoms with Crippen molar-refractivity contribution in [1.82, 2.24) is 9.88 Å². The lowest BCUT2D eigenvalue weighted by atomic mass is 9.94. The van der Waals surface area contributed by atoms with E-state index in [0.29, 0.717) is 49.7 Å². The summed E-state index contributed by atoms with van der Waals surface area (Å²) in [6.45, 7) is 1.25. The minimum absolute atomic E-state index is 0.185. The van der Waals surface area contributed by atoms with Crippen LogP contribution in [0.2, 0.25) is 0 Å². The lowest BCUT2D eigenvalue weighted by molar-refractivity contribution is -0.145. The first-order chi connectivity index (χ1) is 13.1. The SMILES string of the molecule is COc1cc(C(=O)N2CCC[C@@]23CCOC3=O)ccc1OCc1cscn1. The quantitative estimate of drug-likeness (QED) is 0.733. The van der Waals surface area contributed by atoms with Crippen LogP contribution in [0.1, 0.15) is 35.3 Å². The molecule has 8 heteroatoms. The second-order valence-electron chi connectivity index (χ2n) is 6.61. The number of cyclic esters (lactones) is 1. The first-order valence-corrected chi connectivity index (χ1v) is 9.75. The highest BCUT2D eigenvalue weighted by atomic mass is 32.1. The molecule has 1 aromatic heterocycles. The van der Waals surface area contributed by atoms with E-state index < -0.39 is 5.54 Å². The number of hydrogen-bond donors (Lipinski definition) is 0. The molecule has 1 amide bonds. The number of carbonyl (C=O) groups is 2. The molecule has 2 saturated heterocycles. The Bertz CT molecular complexity index is 850.